The summed E-state index contributed by atoms with van der Waals surface area (Å²) in [5, 5.41) is 0. The van der Waals surface area contributed by atoms with Crippen molar-refractivity contribution >= 4 is 23.8 Å². The summed E-state index contributed by atoms with van der Waals surface area (Å²) >= 11 is 0. The summed E-state index contributed by atoms with van der Waals surface area (Å²) in [7, 11) is 1.69. The third-order valence-electron chi connectivity index (χ3n) is 3.69. The molecule has 0 saturated heterocycles. The zero-order chi connectivity index (χ0) is 17.1. The highest BCUT2D eigenvalue weighted by Crippen LogP contribution is 2.19. The molecule has 5 heteroatoms. The topological polar surface area (TPSA) is 59.0 Å². The van der Waals surface area contributed by atoms with E-state index in [0.29, 0.717) is 22.8 Å². The average Bonchev–Trinajstić information content (AvgIpc) is 2.84. The van der Waals surface area contributed by atoms with Crippen LogP contribution in [0.1, 0.15) is 22.8 Å². The van der Waals surface area contributed by atoms with Crippen LogP contribution in [0.25, 0.3) is 6.08 Å². The summed E-state index contributed by atoms with van der Waals surface area (Å²) in [6, 6.07) is 15.7. The number of rotatable bonds is 3. The summed E-state index contributed by atoms with van der Waals surface area (Å²) in [4.78, 5) is 29.7. The first kappa shape index (κ1) is 15.7. The average molecular weight is 320 g/mol. The van der Waals surface area contributed by atoms with Gasteiger partial charge >= 0.3 is 5.97 Å². The SMILES string of the molecule is CC1=N/C(=C/c2ccc(OC(=O)c3ccccc3)cc2)C(=O)N1C. The van der Waals surface area contributed by atoms with Crippen molar-refractivity contribution in [2.24, 2.45) is 4.99 Å². The molecule has 2 aromatic carbocycles. The van der Waals surface area contributed by atoms with E-state index < -0.39 is 5.97 Å². The van der Waals surface area contributed by atoms with Crippen LogP contribution in [0.3, 0.4) is 0 Å². The minimum Gasteiger partial charge on any atom is -0.423 e. The van der Waals surface area contributed by atoms with Gasteiger partial charge in [-0.15, -0.1) is 0 Å². The van der Waals surface area contributed by atoms with Gasteiger partial charge < -0.3 is 4.74 Å². The van der Waals surface area contributed by atoms with E-state index in [4.69, 9.17) is 4.74 Å². The Hall–Kier alpha value is -3.21. The van der Waals surface area contributed by atoms with Crippen LogP contribution < -0.4 is 4.74 Å². The molecule has 0 aromatic heterocycles. The Morgan fingerprint density at radius 3 is 2.33 bits per heavy atom. The minimum atomic E-state index is -0.408. The fourth-order valence-corrected chi connectivity index (χ4v) is 2.24. The maximum atomic E-state index is 12.0. The van der Waals surface area contributed by atoms with Gasteiger partial charge in [-0.1, -0.05) is 30.3 Å². The second-order valence-corrected chi connectivity index (χ2v) is 5.38. The quantitative estimate of drug-likeness (QED) is 0.496. The highest BCUT2D eigenvalue weighted by Gasteiger charge is 2.23. The van der Waals surface area contributed by atoms with Crippen molar-refractivity contribution in [3.05, 3.63) is 71.4 Å². The molecule has 0 atom stereocenters. The molecular formula is C19H16N2O3. The molecule has 1 aliphatic heterocycles. The number of carbonyl (C=O) groups excluding carboxylic acids is 2. The van der Waals surface area contributed by atoms with Crippen LogP contribution in [-0.4, -0.2) is 29.7 Å². The van der Waals surface area contributed by atoms with E-state index in [2.05, 4.69) is 4.99 Å². The first-order chi connectivity index (χ1) is 11.5. The summed E-state index contributed by atoms with van der Waals surface area (Å²) in [6.07, 6.45) is 1.71. The van der Waals surface area contributed by atoms with Gasteiger partial charge in [0.1, 0.15) is 17.3 Å². The predicted molar refractivity (Wildman–Crippen MR) is 91.7 cm³/mol. The Kier molecular flexibility index (Phi) is 4.24. The maximum Gasteiger partial charge on any atom is 0.343 e. The molecule has 1 aliphatic rings. The fourth-order valence-electron chi connectivity index (χ4n) is 2.24. The third-order valence-corrected chi connectivity index (χ3v) is 3.69. The first-order valence-electron chi connectivity index (χ1n) is 7.47. The molecule has 1 heterocycles. The number of esters is 1. The molecule has 120 valence electrons. The maximum absolute atomic E-state index is 12.0. The second kappa shape index (κ2) is 6.50. The normalized spacial score (nSPS) is 15.6. The zero-order valence-electron chi connectivity index (χ0n) is 13.4. The Morgan fingerprint density at radius 1 is 1.08 bits per heavy atom. The Bertz CT molecular complexity index is 837. The van der Waals surface area contributed by atoms with Crippen molar-refractivity contribution in [2.75, 3.05) is 7.05 Å². The summed E-state index contributed by atoms with van der Waals surface area (Å²) in [5.41, 5.74) is 1.70. The van der Waals surface area contributed by atoms with Gasteiger partial charge in [0.25, 0.3) is 5.91 Å². The second-order valence-electron chi connectivity index (χ2n) is 5.38. The van der Waals surface area contributed by atoms with E-state index in [1.807, 2.05) is 6.07 Å². The molecule has 24 heavy (non-hydrogen) atoms. The van der Waals surface area contributed by atoms with Gasteiger partial charge in [-0.05, 0) is 42.8 Å². The van der Waals surface area contributed by atoms with E-state index >= 15 is 0 Å². The van der Waals surface area contributed by atoms with Gasteiger partial charge in [-0.2, -0.15) is 0 Å². The smallest absolute Gasteiger partial charge is 0.343 e. The number of likely N-dealkylation sites (N-methyl/N-ethyl adjacent to an activating group) is 1. The number of hydrogen-bond donors (Lipinski definition) is 0. The number of aliphatic imine (C=N–C) groups is 1. The van der Waals surface area contributed by atoms with Gasteiger partial charge in [-0.3, -0.25) is 9.69 Å². The number of benzene rings is 2. The molecule has 0 N–H and O–H groups in total. The van der Waals surface area contributed by atoms with Crippen LogP contribution in [0, 0.1) is 0 Å². The first-order valence-corrected chi connectivity index (χ1v) is 7.47. The van der Waals surface area contributed by atoms with Gasteiger partial charge in [0, 0.05) is 7.05 Å². The van der Waals surface area contributed by atoms with Crippen molar-refractivity contribution in [1.82, 2.24) is 4.90 Å². The van der Waals surface area contributed by atoms with Crippen LogP contribution in [0.15, 0.2) is 65.3 Å². The minimum absolute atomic E-state index is 0.132. The lowest BCUT2D eigenvalue weighted by atomic mass is 10.2. The summed E-state index contributed by atoms with van der Waals surface area (Å²) in [6.45, 7) is 1.78. The monoisotopic (exact) mass is 320 g/mol. The van der Waals surface area contributed by atoms with E-state index in [0.717, 1.165) is 5.56 Å². The van der Waals surface area contributed by atoms with Crippen molar-refractivity contribution in [3.8, 4) is 5.75 Å². The largest absolute Gasteiger partial charge is 0.423 e. The summed E-state index contributed by atoms with van der Waals surface area (Å²) < 4.78 is 5.32. The van der Waals surface area contributed by atoms with Crippen LogP contribution >= 0.6 is 0 Å². The lowest BCUT2D eigenvalue weighted by Gasteiger charge is -2.06. The fraction of sp³-hybridized carbons (Fsp3) is 0.105. The number of ether oxygens (including phenoxy) is 1. The van der Waals surface area contributed by atoms with E-state index in [9.17, 15) is 9.59 Å². The predicted octanol–water partition coefficient (Wildman–Crippen LogP) is 3.14. The lowest BCUT2D eigenvalue weighted by Crippen LogP contribution is -2.25. The van der Waals surface area contributed by atoms with E-state index in [-0.39, 0.29) is 5.91 Å². The van der Waals surface area contributed by atoms with E-state index in [1.165, 1.54) is 4.90 Å². The molecule has 0 aliphatic carbocycles. The van der Waals surface area contributed by atoms with Crippen molar-refractivity contribution in [2.45, 2.75) is 6.92 Å². The van der Waals surface area contributed by atoms with Crippen LogP contribution in [0.4, 0.5) is 0 Å². The molecule has 3 rings (SSSR count). The van der Waals surface area contributed by atoms with Gasteiger partial charge in [0.05, 0.1) is 5.56 Å². The molecule has 0 radical (unpaired) electrons. The van der Waals surface area contributed by atoms with Crippen molar-refractivity contribution in [3.63, 3.8) is 0 Å². The molecule has 0 bridgehead atoms. The molecule has 2 aromatic rings. The van der Waals surface area contributed by atoms with Gasteiger partial charge in [0.15, 0.2) is 0 Å². The van der Waals surface area contributed by atoms with Gasteiger partial charge in [-0.25, -0.2) is 9.79 Å². The Balaban J connectivity index is 1.73. The number of amidine groups is 1. The third kappa shape index (κ3) is 3.25. The zero-order valence-corrected chi connectivity index (χ0v) is 13.4. The number of hydrogen-bond acceptors (Lipinski definition) is 4. The molecule has 0 spiro atoms. The van der Waals surface area contributed by atoms with Crippen LogP contribution in [0.5, 0.6) is 5.75 Å². The lowest BCUT2D eigenvalue weighted by molar-refractivity contribution is -0.121. The molecule has 0 unspecified atom stereocenters. The number of nitrogens with zero attached hydrogens (tertiary/aromatic N) is 2. The Labute approximate surface area is 139 Å². The van der Waals surface area contributed by atoms with E-state index in [1.54, 1.807) is 68.6 Å². The standard InChI is InChI=1S/C19H16N2O3/c1-13-20-17(18(22)21(13)2)12-14-8-10-16(11-9-14)24-19(23)15-6-4-3-5-7-15/h3-12H,1-2H3/b17-12+. The molecule has 0 fully saturated rings. The highest BCUT2D eigenvalue weighted by atomic mass is 16.5. The highest BCUT2D eigenvalue weighted by molar-refractivity contribution is 6.13. The molecule has 1 amide bonds. The van der Waals surface area contributed by atoms with Crippen molar-refractivity contribution in [1.29, 1.82) is 0 Å². The van der Waals surface area contributed by atoms with Crippen molar-refractivity contribution < 1.29 is 14.3 Å². The summed E-state index contributed by atoms with van der Waals surface area (Å²) in [5.74, 6) is 0.571. The Morgan fingerprint density at radius 2 is 1.75 bits per heavy atom. The van der Waals surface area contributed by atoms with Gasteiger partial charge in [0.2, 0.25) is 0 Å². The molecule has 5 nitrogen and oxygen atoms in total. The van der Waals surface area contributed by atoms with Crippen LogP contribution in [0.2, 0.25) is 0 Å². The van der Waals surface area contributed by atoms with Crippen LogP contribution in [-0.2, 0) is 4.79 Å². The number of carbonyl (C=O) groups is 2. The molecule has 0 saturated carbocycles. The molecular weight excluding hydrogens is 304 g/mol. The number of amides is 1.